The molecule has 0 radical (unpaired) electrons. The van der Waals surface area contributed by atoms with Crippen molar-refractivity contribution in [3.05, 3.63) is 0 Å². The third kappa shape index (κ3) is 4.63. The monoisotopic (exact) mass is 262 g/mol. The van der Waals surface area contributed by atoms with Crippen LogP contribution in [0.3, 0.4) is 0 Å². The van der Waals surface area contributed by atoms with Crippen LogP contribution in [-0.4, -0.2) is 49.4 Å². The minimum atomic E-state index is -2.94. The number of hydrogen-bond acceptors (Lipinski definition) is 4. The van der Waals surface area contributed by atoms with Crippen LogP contribution in [0.15, 0.2) is 0 Å². The zero-order valence-electron chi connectivity index (χ0n) is 10.8. The van der Waals surface area contributed by atoms with E-state index in [-0.39, 0.29) is 29.0 Å². The Hall–Kier alpha value is -0.620. The Labute approximate surface area is 103 Å². The van der Waals surface area contributed by atoms with E-state index in [1.807, 2.05) is 13.8 Å². The van der Waals surface area contributed by atoms with Crippen LogP contribution in [0.5, 0.6) is 0 Å². The smallest absolute Gasteiger partial charge is 0.222 e. The molecule has 1 unspecified atom stereocenters. The predicted molar refractivity (Wildman–Crippen MR) is 67.3 cm³/mol. The largest absolute Gasteiger partial charge is 0.342 e. The normalized spacial score (nSPS) is 23.6. The molecule has 1 rings (SSSR count). The number of nitrogens with two attached hydrogens (primary N) is 1. The van der Waals surface area contributed by atoms with Gasteiger partial charge in [-0.15, -0.1) is 0 Å². The second-order valence-electron chi connectivity index (χ2n) is 5.55. The molecule has 0 aliphatic carbocycles. The fourth-order valence-corrected chi connectivity index (χ4v) is 3.66. The molecular weight excluding hydrogens is 240 g/mol. The highest BCUT2D eigenvalue weighted by Gasteiger charge is 2.32. The summed E-state index contributed by atoms with van der Waals surface area (Å²) in [5.74, 6) is 0.268. The Bertz CT molecular complexity index is 384. The lowest BCUT2D eigenvalue weighted by molar-refractivity contribution is -0.131. The van der Waals surface area contributed by atoms with Crippen molar-refractivity contribution in [1.82, 2.24) is 4.90 Å². The summed E-state index contributed by atoms with van der Waals surface area (Å²) in [4.78, 5) is 13.4. The summed E-state index contributed by atoms with van der Waals surface area (Å²) in [5.41, 5.74) is 5.45. The molecule has 1 amide bonds. The second-order valence-corrected chi connectivity index (χ2v) is 7.78. The first-order valence-corrected chi connectivity index (χ1v) is 7.68. The van der Waals surface area contributed by atoms with Gasteiger partial charge >= 0.3 is 0 Å². The van der Waals surface area contributed by atoms with Crippen molar-refractivity contribution < 1.29 is 13.2 Å². The fraction of sp³-hybridized carbons (Fsp3) is 0.909. The van der Waals surface area contributed by atoms with Crippen LogP contribution < -0.4 is 5.73 Å². The maximum Gasteiger partial charge on any atom is 0.222 e. The molecule has 1 atom stereocenters. The van der Waals surface area contributed by atoms with Gasteiger partial charge in [-0.2, -0.15) is 0 Å². The van der Waals surface area contributed by atoms with Gasteiger partial charge in [-0.25, -0.2) is 8.42 Å². The molecule has 100 valence electrons. The summed E-state index contributed by atoms with van der Waals surface area (Å²) in [7, 11) is -1.26. The number of sulfone groups is 1. The van der Waals surface area contributed by atoms with E-state index in [0.29, 0.717) is 19.3 Å². The second kappa shape index (κ2) is 4.94. The van der Waals surface area contributed by atoms with Crippen LogP contribution in [0, 0.1) is 0 Å². The zero-order chi connectivity index (χ0) is 13.3. The van der Waals surface area contributed by atoms with E-state index in [1.165, 1.54) is 0 Å². The molecule has 0 aromatic rings. The highest BCUT2D eigenvalue weighted by Crippen LogP contribution is 2.18. The summed E-state index contributed by atoms with van der Waals surface area (Å²) in [6.45, 7) is 3.75. The van der Waals surface area contributed by atoms with Gasteiger partial charge in [0.15, 0.2) is 9.84 Å². The molecule has 5 nitrogen and oxygen atoms in total. The minimum absolute atomic E-state index is 0.0226. The number of carbonyl (C=O) groups excluding carboxylic acids is 1. The summed E-state index contributed by atoms with van der Waals surface area (Å²) < 4.78 is 22.7. The van der Waals surface area contributed by atoms with Gasteiger partial charge in [-0.1, -0.05) is 0 Å². The van der Waals surface area contributed by atoms with E-state index in [9.17, 15) is 13.2 Å². The van der Waals surface area contributed by atoms with E-state index in [2.05, 4.69) is 0 Å². The molecule has 0 aromatic carbocycles. The predicted octanol–water partition coefficient (Wildman–Crippen LogP) is 0.149. The lowest BCUT2D eigenvalue weighted by atomic mass is 9.99. The molecule has 17 heavy (non-hydrogen) atoms. The number of amides is 1. The molecule has 1 aliphatic heterocycles. The summed E-state index contributed by atoms with van der Waals surface area (Å²) in [6, 6.07) is -0.159. The van der Waals surface area contributed by atoms with Crippen molar-refractivity contribution in [2.24, 2.45) is 5.73 Å². The minimum Gasteiger partial charge on any atom is -0.342 e. The lowest BCUT2D eigenvalue weighted by Gasteiger charge is -2.25. The van der Waals surface area contributed by atoms with E-state index >= 15 is 0 Å². The van der Waals surface area contributed by atoms with Gasteiger partial charge in [0.1, 0.15) is 0 Å². The third-order valence-electron chi connectivity index (χ3n) is 3.13. The number of rotatable bonds is 4. The zero-order valence-corrected chi connectivity index (χ0v) is 11.6. The van der Waals surface area contributed by atoms with Gasteiger partial charge < -0.3 is 10.6 Å². The lowest BCUT2D eigenvalue weighted by Crippen LogP contribution is -2.40. The van der Waals surface area contributed by atoms with Crippen LogP contribution in [0.1, 0.15) is 33.1 Å². The first-order valence-electron chi connectivity index (χ1n) is 5.86. The van der Waals surface area contributed by atoms with Gasteiger partial charge in [0, 0.05) is 25.0 Å². The van der Waals surface area contributed by atoms with Gasteiger partial charge in [-0.05, 0) is 26.7 Å². The SMILES string of the molecule is CN(C(=O)CCC(C)(C)N)C1CCS(=O)(=O)C1. The van der Waals surface area contributed by atoms with Crippen LogP contribution in [0.4, 0.5) is 0 Å². The van der Waals surface area contributed by atoms with Gasteiger partial charge in [0.25, 0.3) is 0 Å². The Balaban J connectivity index is 2.48. The number of nitrogens with zero attached hydrogens (tertiary/aromatic N) is 1. The maximum absolute atomic E-state index is 11.9. The van der Waals surface area contributed by atoms with Crippen molar-refractivity contribution in [2.45, 2.75) is 44.7 Å². The van der Waals surface area contributed by atoms with Crippen LogP contribution in [0.25, 0.3) is 0 Å². The van der Waals surface area contributed by atoms with Gasteiger partial charge in [0.05, 0.1) is 11.5 Å². The van der Waals surface area contributed by atoms with E-state index in [4.69, 9.17) is 5.73 Å². The number of carbonyl (C=O) groups is 1. The van der Waals surface area contributed by atoms with Gasteiger partial charge in [-0.3, -0.25) is 4.79 Å². The van der Waals surface area contributed by atoms with E-state index in [1.54, 1.807) is 11.9 Å². The van der Waals surface area contributed by atoms with Crippen LogP contribution >= 0.6 is 0 Å². The number of hydrogen-bond donors (Lipinski definition) is 1. The summed E-state index contributed by atoms with van der Waals surface area (Å²) >= 11 is 0. The Morgan fingerprint density at radius 1 is 1.47 bits per heavy atom. The molecule has 0 bridgehead atoms. The molecule has 0 saturated carbocycles. The Kier molecular flexibility index (Phi) is 4.19. The van der Waals surface area contributed by atoms with Crippen molar-refractivity contribution >= 4 is 15.7 Å². The average molecular weight is 262 g/mol. The first-order chi connectivity index (χ1) is 7.61. The molecule has 0 spiro atoms. The highest BCUT2D eigenvalue weighted by molar-refractivity contribution is 7.91. The van der Waals surface area contributed by atoms with E-state index in [0.717, 1.165) is 0 Å². The highest BCUT2D eigenvalue weighted by atomic mass is 32.2. The molecule has 6 heteroatoms. The fourth-order valence-electron chi connectivity index (χ4n) is 1.89. The third-order valence-corrected chi connectivity index (χ3v) is 4.88. The van der Waals surface area contributed by atoms with Crippen LogP contribution in [-0.2, 0) is 14.6 Å². The molecule has 2 N–H and O–H groups in total. The molecule has 0 aromatic heterocycles. The molecule has 1 aliphatic rings. The van der Waals surface area contributed by atoms with Crippen molar-refractivity contribution in [3.8, 4) is 0 Å². The first kappa shape index (κ1) is 14.4. The Morgan fingerprint density at radius 2 is 2.06 bits per heavy atom. The topological polar surface area (TPSA) is 80.5 Å². The average Bonchev–Trinajstić information content (AvgIpc) is 2.53. The van der Waals surface area contributed by atoms with Gasteiger partial charge in [0.2, 0.25) is 5.91 Å². The van der Waals surface area contributed by atoms with Crippen molar-refractivity contribution in [2.75, 3.05) is 18.6 Å². The summed E-state index contributed by atoms with van der Waals surface area (Å²) in [5, 5.41) is 0. The quantitative estimate of drug-likeness (QED) is 0.782. The van der Waals surface area contributed by atoms with Crippen LogP contribution in [0.2, 0.25) is 0 Å². The molecule has 1 saturated heterocycles. The summed E-state index contributed by atoms with van der Waals surface area (Å²) in [6.07, 6.45) is 1.53. The van der Waals surface area contributed by atoms with Crippen molar-refractivity contribution in [1.29, 1.82) is 0 Å². The van der Waals surface area contributed by atoms with Crippen molar-refractivity contribution in [3.63, 3.8) is 0 Å². The molecule has 1 heterocycles. The van der Waals surface area contributed by atoms with E-state index < -0.39 is 9.84 Å². The molecule has 1 fully saturated rings. The Morgan fingerprint density at radius 3 is 2.47 bits per heavy atom. The maximum atomic E-state index is 11.9. The standard InChI is InChI=1S/C11H22N2O3S/c1-11(2,12)6-4-10(14)13(3)9-5-7-17(15,16)8-9/h9H,4-8,12H2,1-3H3. The molecular formula is C11H22N2O3S.